The van der Waals surface area contributed by atoms with Gasteiger partial charge in [0.2, 0.25) is 0 Å². The van der Waals surface area contributed by atoms with Crippen molar-refractivity contribution in [2.75, 3.05) is 18.1 Å². The number of ether oxygens (including phenoxy) is 1. The first-order valence-corrected chi connectivity index (χ1v) is 8.20. The molecule has 1 aliphatic rings. The summed E-state index contributed by atoms with van der Waals surface area (Å²) < 4.78 is 28.4. The Labute approximate surface area is 119 Å². The molecule has 1 rings (SSSR count). The Hall–Kier alpha value is -1.30. The van der Waals surface area contributed by atoms with E-state index in [4.69, 9.17) is 9.84 Å². The number of nitrogens with one attached hydrogen (secondary N) is 1. The van der Waals surface area contributed by atoms with E-state index in [0.717, 1.165) is 0 Å². The van der Waals surface area contributed by atoms with Crippen molar-refractivity contribution in [1.82, 2.24) is 5.32 Å². The van der Waals surface area contributed by atoms with Crippen LogP contribution >= 0.6 is 0 Å². The van der Waals surface area contributed by atoms with E-state index in [0.29, 0.717) is 5.57 Å². The van der Waals surface area contributed by atoms with Crippen LogP contribution in [0.3, 0.4) is 0 Å². The number of rotatable bonds is 2. The highest BCUT2D eigenvalue weighted by atomic mass is 32.2. The SMILES string of the molecule is CC(C)(C)OC(=O)NC1CCS(=O)(=O)CC1=C=CCO. The van der Waals surface area contributed by atoms with Gasteiger partial charge in [0.25, 0.3) is 0 Å². The van der Waals surface area contributed by atoms with Gasteiger partial charge in [-0.2, -0.15) is 0 Å². The number of alkyl carbamates (subject to hydrolysis) is 1. The zero-order valence-corrected chi connectivity index (χ0v) is 12.8. The molecular formula is C13H21NO5S. The van der Waals surface area contributed by atoms with Gasteiger partial charge in [-0.15, -0.1) is 5.73 Å². The monoisotopic (exact) mass is 303 g/mol. The number of aliphatic hydroxyl groups excluding tert-OH is 1. The Balaban J connectivity index is 2.82. The summed E-state index contributed by atoms with van der Waals surface area (Å²) in [6.45, 7) is 5.02. The predicted molar refractivity (Wildman–Crippen MR) is 75.1 cm³/mol. The van der Waals surface area contributed by atoms with E-state index in [1.54, 1.807) is 20.8 Å². The van der Waals surface area contributed by atoms with Crippen molar-refractivity contribution >= 4 is 15.9 Å². The van der Waals surface area contributed by atoms with E-state index >= 15 is 0 Å². The van der Waals surface area contributed by atoms with Gasteiger partial charge in [-0.1, -0.05) is 0 Å². The number of hydrogen-bond acceptors (Lipinski definition) is 5. The normalized spacial score (nSPS) is 21.8. The average Bonchev–Trinajstić information content (AvgIpc) is 2.26. The van der Waals surface area contributed by atoms with E-state index in [9.17, 15) is 13.2 Å². The quantitative estimate of drug-likeness (QED) is 0.735. The van der Waals surface area contributed by atoms with E-state index in [2.05, 4.69) is 11.0 Å². The van der Waals surface area contributed by atoms with Gasteiger partial charge in [0, 0.05) is 5.57 Å². The Morgan fingerprint density at radius 3 is 2.75 bits per heavy atom. The molecule has 1 heterocycles. The van der Waals surface area contributed by atoms with Gasteiger partial charge < -0.3 is 15.2 Å². The van der Waals surface area contributed by atoms with Gasteiger partial charge >= 0.3 is 6.09 Å². The zero-order chi connectivity index (χ0) is 15.4. The van der Waals surface area contributed by atoms with Gasteiger partial charge in [-0.3, -0.25) is 0 Å². The average molecular weight is 303 g/mol. The lowest BCUT2D eigenvalue weighted by Gasteiger charge is -2.27. The van der Waals surface area contributed by atoms with Crippen molar-refractivity contribution in [2.24, 2.45) is 0 Å². The second-order valence-corrected chi connectivity index (χ2v) is 7.82. The van der Waals surface area contributed by atoms with Gasteiger partial charge in [0.05, 0.1) is 24.2 Å². The molecule has 0 aliphatic carbocycles. The van der Waals surface area contributed by atoms with Crippen LogP contribution in [-0.4, -0.2) is 49.4 Å². The molecule has 1 amide bonds. The molecule has 2 N–H and O–H groups in total. The Morgan fingerprint density at radius 2 is 2.20 bits per heavy atom. The molecule has 0 spiro atoms. The van der Waals surface area contributed by atoms with Crippen LogP contribution < -0.4 is 5.32 Å². The van der Waals surface area contributed by atoms with Gasteiger partial charge in [-0.25, -0.2) is 13.2 Å². The molecule has 1 aliphatic heterocycles. The molecule has 1 saturated heterocycles. The molecule has 114 valence electrons. The second-order valence-electron chi connectivity index (χ2n) is 5.64. The fourth-order valence-electron chi connectivity index (χ4n) is 1.81. The van der Waals surface area contributed by atoms with Crippen molar-refractivity contribution in [1.29, 1.82) is 0 Å². The summed E-state index contributed by atoms with van der Waals surface area (Å²) in [5, 5.41) is 11.4. The molecule has 1 atom stereocenters. The van der Waals surface area contributed by atoms with Crippen LogP contribution in [0, 0.1) is 0 Å². The molecule has 7 heteroatoms. The minimum Gasteiger partial charge on any atom is -0.444 e. The van der Waals surface area contributed by atoms with Crippen molar-refractivity contribution < 1.29 is 23.1 Å². The highest BCUT2D eigenvalue weighted by Gasteiger charge is 2.30. The van der Waals surface area contributed by atoms with E-state index in [1.165, 1.54) is 6.08 Å². The maximum atomic E-state index is 11.7. The summed E-state index contributed by atoms with van der Waals surface area (Å²) in [6.07, 6.45) is 1.02. The summed E-state index contributed by atoms with van der Waals surface area (Å²) in [6, 6.07) is -0.434. The highest BCUT2D eigenvalue weighted by Crippen LogP contribution is 2.18. The summed E-state index contributed by atoms with van der Waals surface area (Å²) >= 11 is 0. The van der Waals surface area contributed by atoms with Crippen LogP contribution in [0.15, 0.2) is 17.4 Å². The number of amides is 1. The van der Waals surface area contributed by atoms with Crippen LogP contribution in [0.1, 0.15) is 27.2 Å². The lowest BCUT2D eigenvalue weighted by atomic mass is 10.1. The van der Waals surface area contributed by atoms with Gasteiger partial charge in [0.1, 0.15) is 5.60 Å². The number of carbonyl (C=O) groups is 1. The molecule has 0 aromatic rings. The smallest absolute Gasteiger partial charge is 0.408 e. The lowest BCUT2D eigenvalue weighted by molar-refractivity contribution is 0.0510. The number of hydrogen-bond donors (Lipinski definition) is 2. The molecular weight excluding hydrogens is 282 g/mol. The first-order chi connectivity index (χ1) is 9.13. The highest BCUT2D eigenvalue weighted by molar-refractivity contribution is 7.91. The van der Waals surface area contributed by atoms with E-state index < -0.39 is 27.6 Å². The third-order valence-corrected chi connectivity index (χ3v) is 4.19. The zero-order valence-electron chi connectivity index (χ0n) is 12.0. The molecule has 6 nitrogen and oxygen atoms in total. The molecule has 20 heavy (non-hydrogen) atoms. The summed E-state index contributed by atoms with van der Waals surface area (Å²) in [5.41, 5.74) is 2.56. The van der Waals surface area contributed by atoms with E-state index in [-0.39, 0.29) is 24.5 Å². The summed E-state index contributed by atoms with van der Waals surface area (Å²) in [5.74, 6) is -0.151. The number of aliphatic hydroxyl groups is 1. The molecule has 0 bridgehead atoms. The predicted octanol–water partition coefficient (Wildman–Crippen LogP) is 0.772. The fourth-order valence-corrected chi connectivity index (χ4v) is 3.31. The molecule has 0 aromatic carbocycles. The van der Waals surface area contributed by atoms with Gasteiger partial charge in [0.15, 0.2) is 9.84 Å². The molecule has 1 fully saturated rings. The van der Waals surface area contributed by atoms with Crippen molar-refractivity contribution in [3.05, 3.63) is 17.4 Å². The first-order valence-electron chi connectivity index (χ1n) is 6.38. The van der Waals surface area contributed by atoms with Crippen LogP contribution in [0.5, 0.6) is 0 Å². The molecule has 0 radical (unpaired) electrons. The van der Waals surface area contributed by atoms with Crippen molar-refractivity contribution in [3.63, 3.8) is 0 Å². The standard InChI is InChI=1S/C13H21NO5S/c1-13(2,3)19-12(16)14-11-6-8-20(17,18)9-10(11)5-4-7-15/h4,11,15H,6-9H2,1-3H3,(H,14,16). The Morgan fingerprint density at radius 1 is 1.55 bits per heavy atom. The largest absolute Gasteiger partial charge is 0.444 e. The maximum absolute atomic E-state index is 11.7. The maximum Gasteiger partial charge on any atom is 0.408 e. The summed E-state index contributed by atoms with van der Waals surface area (Å²) in [7, 11) is -3.16. The number of carbonyl (C=O) groups excluding carboxylic acids is 1. The molecule has 0 saturated carbocycles. The van der Waals surface area contributed by atoms with Gasteiger partial charge in [-0.05, 0) is 33.3 Å². The molecule has 1 unspecified atom stereocenters. The minimum absolute atomic E-state index is 0.0117. The minimum atomic E-state index is -3.16. The number of sulfone groups is 1. The lowest BCUT2D eigenvalue weighted by Crippen LogP contribution is -2.44. The Kier molecular flexibility index (Phi) is 5.39. The van der Waals surface area contributed by atoms with Crippen LogP contribution in [0.2, 0.25) is 0 Å². The van der Waals surface area contributed by atoms with Crippen molar-refractivity contribution in [2.45, 2.75) is 38.8 Å². The molecule has 0 aromatic heterocycles. The fraction of sp³-hybridized carbons (Fsp3) is 0.692. The van der Waals surface area contributed by atoms with Crippen LogP contribution in [0.25, 0.3) is 0 Å². The topological polar surface area (TPSA) is 92.7 Å². The first kappa shape index (κ1) is 16.8. The Bertz CT molecular complexity index is 523. The third kappa shape index (κ3) is 5.77. The van der Waals surface area contributed by atoms with Crippen LogP contribution in [-0.2, 0) is 14.6 Å². The van der Waals surface area contributed by atoms with Crippen LogP contribution in [0.4, 0.5) is 4.79 Å². The van der Waals surface area contributed by atoms with Crippen molar-refractivity contribution in [3.8, 4) is 0 Å². The van der Waals surface area contributed by atoms with E-state index in [1.807, 2.05) is 0 Å². The summed E-state index contributed by atoms with van der Waals surface area (Å²) in [4.78, 5) is 11.7. The third-order valence-electron chi connectivity index (χ3n) is 2.58. The second kappa shape index (κ2) is 6.43.